The molecule has 108 valence electrons. The second-order valence-electron chi connectivity index (χ2n) is 5.67. The summed E-state index contributed by atoms with van der Waals surface area (Å²) in [5.74, 6) is 0. The average molecular weight is 310 g/mol. The summed E-state index contributed by atoms with van der Waals surface area (Å²) in [6.45, 7) is 12.8. The van der Waals surface area contributed by atoms with Gasteiger partial charge in [-0.15, -0.1) is 13.2 Å². The molecule has 2 unspecified atom stereocenters. The van der Waals surface area contributed by atoms with Gasteiger partial charge in [-0.2, -0.15) is 0 Å². The zero-order valence-corrected chi connectivity index (χ0v) is 14.8. The quantitative estimate of drug-likeness (QED) is 0.809. The summed E-state index contributed by atoms with van der Waals surface area (Å²) in [6.07, 6.45) is 0. The van der Waals surface area contributed by atoms with Crippen molar-refractivity contribution in [3.8, 4) is 0 Å². The third kappa shape index (κ3) is 3.32. The highest BCUT2D eigenvalue weighted by molar-refractivity contribution is 7.07. The molecule has 2 aromatic carbocycles. The number of nitrogens with one attached hydrogen (secondary N) is 1. The summed E-state index contributed by atoms with van der Waals surface area (Å²) in [5, 5.41) is 2.72. The Bertz CT molecular complexity index is 556. The highest BCUT2D eigenvalue weighted by Crippen LogP contribution is 2.09. The van der Waals surface area contributed by atoms with Crippen molar-refractivity contribution in [1.82, 2.24) is 4.65 Å². The summed E-state index contributed by atoms with van der Waals surface area (Å²) in [4.78, 5) is 0. The minimum absolute atomic E-state index is 1.36. The highest BCUT2D eigenvalue weighted by atomic mass is 28.4. The first-order valence-electron chi connectivity index (χ1n) is 7.22. The van der Waals surface area contributed by atoms with Gasteiger partial charge in [0.2, 0.25) is 0 Å². The molecule has 0 aliphatic heterocycles. The second kappa shape index (κ2) is 6.39. The fraction of sp³-hybridized carbons (Fsp3) is 0.111. The molecule has 3 heteroatoms. The van der Waals surface area contributed by atoms with Gasteiger partial charge in [0.1, 0.15) is 0 Å². The molecule has 2 aromatic rings. The third-order valence-electron chi connectivity index (χ3n) is 4.08. The zero-order chi connectivity index (χ0) is 15.3. The van der Waals surface area contributed by atoms with Crippen molar-refractivity contribution in [3.05, 3.63) is 85.2 Å². The van der Waals surface area contributed by atoms with E-state index in [1.807, 2.05) is 0 Å². The molecule has 1 nitrogen and oxygen atoms in total. The van der Waals surface area contributed by atoms with Gasteiger partial charge in [-0.1, -0.05) is 72.1 Å². The van der Waals surface area contributed by atoms with E-state index in [4.69, 9.17) is 0 Å². The highest BCUT2D eigenvalue weighted by Gasteiger charge is 2.36. The first kappa shape index (κ1) is 15.7. The third-order valence-corrected chi connectivity index (χ3v) is 12.9. The van der Waals surface area contributed by atoms with E-state index in [2.05, 4.69) is 103 Å². The normalized spacial score (nSPS) is 16.5. The molecule has 0 aliphatic carbocycles. The topological polar surface area (TPSA) is 12.0 Å². The van der Waals surface area contributed by atoms with Gasteiger partial charge in [-0.25, -0.2) is 0 Å². The molecule has 21 heavy (non-hydrogen) atoms. The van der Waals surface area contributed by atoms with Crippen LogP contribution >= 0.6 is 0 Å². The van der Waals surface area contributed by atoms with E-state index in [1.54, 1.807) is 0 Å². The molecule has 2 atom stereocenters. The van der Waals surface area contributed by atoms with E-state index in [0.717, 1.165) is 0 Å². The van der Waals surface area contributed by atoms with Gasteiger partial charge < -0.3 is 4.65 Å². The van der Waals surface area contributed by atoms with Crippen molar-refractivity contribution >= 4 is 26.8 Å². The van der Waals surface area contributed by atoms with Gasteiger partial charge in [-0.3, -0.25) is 0 Å². The molecular weight excluding hydrogens is 286 g/mol. The summed E-state index contributed by atoms with van der Waals surface area (Å²) in [7, 11) is -3.87. The predicted octanol–water partition coefficient (Wildman–Crippen LogP) is 2.99. The molecule has 0 aromatic heterocycles. The van der Waals surface area contributed by atoms with Gasteiger partial charge in [0.25, 0.3) is 0 Å². The standard InChI is InChI=1S/C18H23NSi2/c1-5-20(3,17-13-9-7-10-14-17)19-21(4,6-2)18-15-11-8-12-16-18/h5-16,19H,1-2H2,3-4H3. The smallest absolute Gasteiger partial charge is 0.172 e. The number of hydrogen-bond acceptors (Lipinski definition) is 1. The SMILES string of the molecule is C=C[Si](C)(N[Si](C)(C=C)c1ccccc1)c1ccccc1. The van der Waals surface area contributed by atoms with Crippen molar-refractivity contribution in [3.63, 3.8) is 0 Å². The molecular formula is C18H23NSi2. The fourth-order valence-corrected chi connectivity index (χ4v) is 11.1. The number of benzene rings is 2. The largest absolute Gasteiger partial charge is 0.346 e. The lowest BCUT2D eigenvalue weighted by molar-refractivity contribution is 1.38. The van der Waals surface area contributed by atoms with E-state index in [-0.39, 0.29) is 0 Å². The van der Waals surface area contributed by atoms with E-state index in [9.17, 15) is 0 Å². The van der Waals surface area contributed by atoms with Crippen LogP contribution in [0.1, 0.15) is 0 Å². The van der Waals surface area contributed by atoms with Crippen LogP contribution in [0.2, 0.25) is 13.1 Å². The summed E-state index contributed by atoms with van der Waals surface area (Å²) >= 11 is 0. The molecule has 0 amide bonds. The van der Waals surface area contributed by atoms with Crippen molar-refractivity contribution < 1.29 is 0 Å². The summed E-state index contributed by atoms with van der Waals surface area (Å²) in [5.41, 5.74) is 4.25. The van der Waals surface area contributed by atoms with Gasteiger partial charge in [0, 0.05) is 0 Å². The van der Waals surface area contributed by atoms with E-state index in [1.165, 1.54) is 10.4 Å². The maximum Gasteiger partial charge on any atom is 0.172 e. The lowest BCUT2D eigenvalue weighted by Crippen LogP contribution is -2.70. The Balaban J connectivity index is 2.40. The predicted molar refractivity (Wildman–Crippen MR) is 98.9 cm³/mol. The fourth-order valence-electron chi connectivity index (χ4n) is 2.59. The number of rotatable bonds is 6. The van der Waals surface area contributed by atoms with Crippen molar-refractivity contribution in [1.29, 1.82) is 0 Å². The van der Waals surface area contributed by atoms with E-state index < -0.39 is 16.5 Å². The van der Waals surface area contributed by atoms with Crippen LogP contribution in [0.15, 0.2) is 85.2 Å². The molecule has 0 fully saturated rings. The molecule has 0 spiro atoms. The molecule has 0 saturated carbocycles. The average Bonchev–Trinajstić information content (AvgIpc) is 2.56. The first-order valence-corrected chi connectivity index (χ1v) is 12.4. The Labute approximate surface area is 130 Å². The van der Waals surface area contributed by atoms with Crippen LogP contribution in [-0.2, 0) is 0 Å². The van der Waals surface area contributed by atoms with Crippen molar-refractivity contribution in [2.24, 2.45) is 0 Å². The van der Waals surface area contributed by atoms with Gasteiger partial charge in [0.05, 0.1) is 0 Å². The van der Waals surface area contributed by atoms with Gasteiger partial charge >= 0.3 is 0 Å². The molecule has 0 aliphatic rings. The van der Waals surface area contributed by atoms with Crippen molar-refractivity contribution in [2.75, 3.05) is 0 Å². The first-order chi connectivity index (χ1) is 10.0. The van der Waals surface area contributed by atoms with Crippen LogP contribution in [0.4, 0.5) is 0 Å². The summed E-state index contributed by atoms with van der Waals surface area (Å²) < 4.78 is 3.98. The minimum Gasteiger partial charge on any atom is -0.346 e. The maximum absolute atomic E-state index is 4.11. The maximum atomic E-state index is 4.11. The molecule has 0 saturated heterocycles. The van der Waals surface area contributed by atoms with Crippen LogP contribution in [0.3, 0.4) is 0 Å². The Morgan fingerprint density at radius 1 is 0.714 bits per heavy atom. The van der Waals surface area contributed by atoms with Crippen molar-refractivity contribution in [2.45, 2.75) is 13.1 Å². The van der Waals surface area contributed by atoms with E-state index >= 15 is 0 Å². The van der Waals surface area contributed by atoms with Gasteiger partial charge in [0.15, 0.2) is 16.5 Å². The second-order valence-corrected chi connectivity index (χ2v) is 13.5. The van der Waals surface area contributed by atoms with Crippen LogP contribution in [-0.4, -0.2) is 16.5 Å². The summed E-state index contributed by atoms with van der Waals surface area (Å²) in [6, 6.07) is 21.3. The minimum atomic E-state index is -1.93. The van der Waals surface area contributed by atoms with Crippen LogP contribution in [0.5, 0.6) is 0 Å². The lowest BCUT2D eigenvalue weighted by atomic mass is 10.4. The molecule has 0 heterocycles. The Kier molecular flexibility index (Phi) is 4.78. The van der Waals surface area contributed by atoms with Crippen LogP contribution in [0.25, 0.3) is 0 Å². The molecule has 0 bridgehead atoms. The Morgan fingerprint density at radius 3 is 1.33 bits per heavy atom. The number of hydrogen-bond donors (Lipinski definition) is 1. The van der Waals surface area contributed by atoms with Gasteiger partial charge in [-0.05, 0) is 23.5 Å². The Morgan fingerprint density at radius 2 is 1.05 bits per heavy atom. The van der Waals surface area contributed by atoms with Crippen LogP contribution < -0.4 is 15.0 Å². The zero-order valence-electron chi connectivity index (χ0n) is 12.8. The van der Waals surface area contributed by atoms with Crippen LogP contribution in [0, 0.1) is 0 Å². The Hall–Kier alpha value is -1.69. The lowest BCUT2D eigenvalue weighted by Gasteiger charge is -2.36. The molecule has 2 rings (SSSR count). The van der Waals surface area contributed by atoms with E-state index in [0.29, 0.717) is 0 Å². The monoisotopic (exact) mass is 309 g/mol. The molecule has 0 radical (unpaired) electrons. The molecule has 1 N–H and O–H groups in total.